The van der Waals surface area contributed by atoms with Crippen LogP contribution in [0.25, 0.3) is 0 Å². The third-order valence-electron chi connectivity index (χ3n) is 2.06. The lowest BCUT2D eigenvalue weighted by Crippen LogP contribution is -2.36. The standard InChI is InChI=1S/C11H15NO3S/c1-3-6-12(8-10(13)15-2)11(14)9-5-4-7-16-9/h4-5,7H,3,6,8H2,1-2H3. The van der Waals surface area contributed by atoms with Gasteiger partial charge in [0.05, 0.1) is 12.0 Å². The number of esters is 1. The van der Waals surface area contributed by atoms with Gasteiger partial charge >= 0.3 is 5.97 Å². The lowest BCUT2D eigenvalue weighted by Gasteiger charge is -2.19. The van der Waals surface area contributed by atoms with Crippen molar-refractivity contribution in [1.29, 1.82) is 0 Å². The Labute approximate surface area is 98.8 Å². The molecule has 5 heteroatoms. The Kier molecular flexibility index (Phi) is 4.98. The average Bonchev–Trinajstić information content (AvgIpc) is 2.80. The molecule has 0 spiro atoms. The molecule has 0 bridgehead atoms. The van der Waals surface area contributed by atoms with Crippen molar-refractivity contribution in [2.45, 2.75) is 13.3 Å². The van der Waals surface area contributed by atoms with E-state index in [1.165, 1.54) is 23.3 Å². The molecule has 0 N–H and O–H groups in total. The van der Waals surface area contributed by atoms with Gasteiger partial charge in [0, 0.05) is 6.54 Å². The van der Waals surface area contributed by atoms with Crippen LogP contribution in [0.5, 0.6) is 0 Å². The summed E-state index contributed by atoms with van der Waals surface area (Å²) in [5.41, 5.74) is 0. The minimum atomic E-state index is -0.390. The molecule has 4 nitrogen and oxygen atoms in total. The molecule has 0 saturated heterocycles. The van der Waals surface area contributed by atoms with E-state index in [2.05, 4.69) is 4.74 Å². The Balaban J connectivity index is 2.69. The molecule has 0 saturated carbocycles. The summed E-state index contributed by atoms with van der Waals surface area (Å²) in [5.74, 6) is -0.499. The maximum atomic E-state index is 12.0. The molecule has 0 aliphatic rings. The molecule has 16 heavy (non-hydrogen) atoms. The summed E-state index contributed by atoms with van der Waals surface area (Å²) in [4.78, 5) is 25.3. The summed E-state index contributed by atoms with van der Waals surface area (Å²) < 4.78 is 4.57. The number of amides is 1. The number of ether oxygens (including phenoxy) is 1. The highest BCUT2D eigenvalue weighted by atomic mass is 32.1. The Morgan fingerprint density at radius 1 is 1.50 bits per heavy atom. The van der Waals surface area contributed by atoms with E-state index in [4.69, 9.17) is 0 Å². The Morgan fingerprint density at radius 3 is 2.75 bits per heavy atom. The molecular formula is C11H15NO3S. The molecule has 1 aromatic heterocycles. The van der Waals surface area contributed by atoms with Crippen LogP contribution in [0.1, 0.15) is 23.0 Å². The first-order valence-corrected chi connectivity index (χ1v) is 5.96. The zero-order valence-electron chi connectivity index (χ0n) is 9.43. The van der Waals surface area contributed by atoms with Gasteiger partial charge in [0.15, 0.2) is 0 Å². The van der Waals surface area contributed by atoms with Crippen molar-refractivity contribution >= 4 is 23.2 Å². The highest BCUT2D eigenvalue weighted by Gasteiger charge is 2.18. The number of carbonyl (C=O) groups is 2. The highest BCUT2D eigenvalue weighted by molar-refractivity contribution is 7.12. The van der Waals surface area contributed by atoms with E-state index < -0.39 is 5.97 Å². The first-order valence-electron chi connectivity index (χ1n) is 5.08. The van der Waals surface area contributed by atoms with Crippen LogP contribution < -0.4 is 0 Å². The van der Waals surface area contributed by atoms with Gasteiger partial charge in [0.1, 0.15) is 6.54 Å². The molecule has 0 unspecified atom stereocenters. The summed E-state index contributed by atoms with van der Waals surface area (Å²) in [6.07, 6.45) is 0.814. The summed E-state index contributed by atoms with van der Waals surface area (Å²) in [6, 6.07) is 3.58. The van der Waals surface area contributed by atoms with Crippen molar-refractivity contribution in [3.8, 4) is 0 Å². The van der Waals surface area contributed by atoms with Gasteiger partial charge in [0.25, 0.3) is 5.91 Å². The first kappa shape index (κ1) is 12.7. The number of nitrogens with zero attached hydrogens (tertiary/aromatic N) is 1. The Hall–Kier alpha value is -1.36. The monoisotopic (exact) mass is 241 g/mol. The second-order valence-electron chi connectivity index (χ2n) is 3.28. The molecular weight excluding hydrogens is 226 g/mol. The SMILES string of the molecule is CCCN(CC(=O)OC)C(=O)c1cccs1. The van der Waals surface area contributed by atoms with E-state index in [0.717, 1.165) is 6.42 Å². The predicted octanol–water partition coefficient (Wildman–Crippen LogP) is 1.77. The second kappa shape index (κ2) is 6.27. The zero-order chi connectivity index (χ0) is 12.0. The van der Waals surface area contributed by atoms with Crippen molar-refractivity contribution in [1.82, 2.24) is 4.90 Å². The number of rotatable bonds is 5. The van der Waals surface area contributed by atoms with Crippen LogP contribution in [0.3, 0.4) is 0 Å². The summed E-state index contributed by atoms with van der Waals surface area (Å²) in [7, 11) is 1.32. The van der Waals surface area contributed by atoms with Crippen molar-refractivity contribution < 1.29 is 14.3 Å². The predicted molar refractivity (Wildman–Crippen MR) is 62.5 cm³/mol. The van der Waals surface area contributed by atoms with Gasteiger partial charge < -0.3 is 9.64 Å². The number of hydrogen-bond acceptors (Lipinski definition) is 4. The van der Waals surface area contributed by atoms with Crippen LogP contribution in [0.15, 0.2) is 17.5 Å². The van der Waals surface area contributed by atoms with Gasteiger partial charge in [0.2, 0.25) is 0 Å². The average molecular weight is 241 g/mol. The van der Waals surface area contributed by atoms with Crippen LogP contribution in [0, 0.1) is 0 Å². The Bertz CT molecular complexity index is 348. The largest absolute Gasteiger partial charge is 0.468 e. The lowest BCUT2D eigenvalue weighted by molar-refractivity contribution is -0.141. The van der Waals surface area contributed by atoms with Crippen molar-refractivity contribution in [2.75, 3.05) is 20.2 Å². The number of hydrogen-bond donors (Lipinski definition) is 0. The summed E-state index contributed by atoms with van der Waals surface area (Å²) in [6.45, 7) is 2.54. The molecule has 0 aliphatic carbocycles. The minimum absolute atomic E-state index is 0.0150. The van der Waals surface area contributed by atoms with Crippen LogP contribution in [0.2, 0.25) is 0 Å². The molecule has 88 valence electrons. The molecule has 0 aliphatic heterocycles. The van der Waals surface area contributed by atoms with Gasteiger partial charge in [-0.15, -0.1) is 11.3 Å². The topological polar surface area (TPSA) is 46.6 Å². The van der Waals surface area contributed by atoms with Gasteiger partial charge in [-0.1, -0.05) is 13.0 Å². The normalized spacial score (nSPS) is 9.88. The first-order chi connectivity index (χ1) is 7.69. The molecule has 1 aromatic rings. The van der Waals surface area contributed by atoms with Gasteiger partial charge in [-0.3, -0.25) is 9.59 Å². The van der Waals surface area contributed by atoms with Crippen LogP contribution in [-0.2, 0) is 9.53 Å². The van der Waals surface area contributed by atoms with Crippen LogP contribution in [0.4, 0.5) is 0 Å². The van der Waals surface area contributed by atoms with Crippen molar-refractivity contribution in [2.24, 2.45) is 0 Å². The number of thiophene rings is 1. The van der Waals surface area contributed by atoms with Gasteiger partial charge in [-0.05, 0) is 17.9 Å². The number of carbonyl (C=O) groups excluding carboxylic acids is 2. The fourth-order valence-electron chi connectivity index (χ4n) is 1.30. The van der Waals surface area contributed by atoms with E-state index in [-0.39, 0.29) is 12.5 Å². The van der Waals surface area contributed by atoms with Crippen molar-refractivity contribution in [3.05, 3.63) is 22.4 Å². The van der Waals surface area contributed by atoms with E-state index in [9.17, 15) is 9.59 Å². The van der Waals surface area contributed by atoms with Crippen LogP contribution in [-0.4, -0.2) is 37.0 Å². The molecule has 1 amide bonds. The van der Waals surface area contributed by atoms with E-state index in [1.807, 2.05) is 18.4 Å². The number of methoxy groups -OCH3 is 1. The maximum absolute atomic E-state index is 12.0. The maximum Gasteiger partial charge on any atom is 0.325 e. The fourth-order valence-corrected chi connectivity index (χ4v) is 1.99. The third-order valence-corrected chi connectivity index (χ3v) is 2.92. The lowest BCUT2D eigenvalue weighted by atomic mass is 10.3. The van der Waals surface area contributed by atoms with Crippen molar-refractivity contribution in [3.63, 3.8) is 0 Å². The second-order valence-corrected chi connectivity index (χ2v) is 4.23. The molecule has 0 fully saturated rings. The van der Waals surface area contributed by atoms with Gasteiger partial charge in [-0.2, -0.15) is 0 Å². The quantitative estimate of drug-likeness (QED) is 0.738. The highest BCUT2D eigenvalue weighted by Crippen LogP contribution is 2.12. The van der Waals surface area contributed by atoms with Gasteiger partial charge in [-0.25, -0.2) is 0 Å². The van der Waals surface area contributed by atoms with E-state index >= 15 is 0 Å². The molecule has 0 atom stereocenters. The van der Waals surface area contributed by atoms with E-state index in [0.29, 0.717) is 11.4 Å². The minimum Gasteiger partial charge on any atom is -0.468 e. The molecule has 1 rings (SSSR count). The third kappa shape index (κ3) is 3.34. The van der Waals surface area contributed by atoms with E-state index in [1.54, 1.807) is 6.07 Å². The zero-order valence-corrected chi connectivity index (χ0v) is 10.3. The summed E-state index contributed by atoms with van der Waals surface area (Å²) >= 11 is 1.38. The fraction of sp³-hybridized carbons (Fsp3) is 0.455. The van der Waals surface area contributed by atoms with Crippen LogP contribution >= 0.6 is 11.3 Å². The smallest absolute Gasteiger partial charge is 0.325 e. The summed E-state index contributed by atoms with van der Waals surface area (Å²) in [5, 5.41) is 1.84. The molecule has 0 aromatic carbocycles. The molecule has 1 heterocycles. The molecule has 0 radical (unpaired) electrons. The Morgan fingerprint density at radius 2 is 2.25 bits per heavy atom.